The van der Waals surface area contributed by atoms with Crippen molar-refractivity contribution in [3.63, 3.8) is 0 Å². The predicted octanol–water partition coefficient (Wildman–Crippen LogP) is 5.40. The van der Waals surface area contributed by atoms with Crippen LogP contribution in [0.25, 0.3) is 5.69 Å². The van der Waals surface area contributed by atoms with Crippen LogP contribution in [0.1, 0.15) is 22.2 Å². The predicted molar refractivity (Wildman–Crippen MR) is 124 cm³/mol. The lowest BCUT2D eigenvalue weighted by Crippen LogP contribution is -2.11. The van der Waals surface area contributed by atoms with Crippen LogP contribution in [-0.4, -0.2) is 26.2 Å². The summed E-state index contributed by atoms with van der Waals surface area (Å²) in [5, 5.41) is 19.7. The second-order valence-corrected chi connectivity index (χ2v) is 8.48. The van der Waals surface area contributed by atoms with E-state index >= 15 is 0 Å². The number of halogens is 1. The minimum atomic E-state index is -0.494. The van der Waals surface area contributed by atoms with Gasteiger partial charge in [0.1, 0.15) is 29.2 Å². The SMILES string of the molecule is Cc1nnc(S[C@H](C[N+](=O)[O-])c2ccc(OCc3ccccc3)cc2)n1-c1ccc(F)cc1. The molecule has 1 aromatic heterocycles. The lowest BCUT2D eigenvalue weighted by molar-refractivity contribution is -0.479. The molecule has 168 valence electrons. The molecule has 0 N–H and O–H groups in total. The van der Waals surface area contributed by atoms with Crippen molar-refractivity contribution < 1.29 is 14.1 Å². The molecule has 4 rings (SSSR count). The Balaban J connectivity index is 1.53. The summed E-state index contributed by atoms with van der Waals surface area (Å²) in [6, 6.07) is 23.0. The van der Waals surface area contributed by atoms with Gasteiger partial charge in [0, 0.05) is 10.6 Å². The van der Waals surface area contributed by atoms with Crippen molar-refractivity contribution in [2.75, 3.05) is 6.54 Å². The van der Waals surface area contributed by atoms with E-state index in [9.17, 15) is 14.5 Å². The van der Waals surface area contributed by atoms with Crippen molar-refractivity contribution in [2.24, 2.45) is 0 Å². The summed E-state index contributed by atoms with van der Waals surface area (Å²) in [7, 11) is 0. The summed E-state index contributed by atoms with van der Waals surface area (Å²) < 4.78 is 20.9. The molecule has 7 nitrogen and oxygen atoms in total. The topological polar surface area (TPSA) is 83.1 Å². The first kappa shape index (κ1) is 22.5. The quantitative estimate of drug-likeness (QED) is 0.187. The standard InChI is InChI=1S/C24H21FN4O3S/c1-17-26-27-24(29(17)21-11-9-20(25)10-12-21)33-23(15-28(30)31)19-7-13-22(14-8-19)32-16-18-5-3-2-4-6-18/h2-14,23H,15-16H2,1H3/t23-/m1/s1. The molecule has 1 atom stereocenters. The van der Waals surface area contributed by atoms with Crippen molar-refractivity contribution in [1.29, 1.82) is 0 Å². The van der Waals surface area contributed by atoms with E-state index in [1.807, 2.05) is 54.6 Å². The molecule has 3 aromatic carbocycles. The molecule has 0 saturated heterocycles. The highest BCUT2D eigenvalue weighted by molar-refractivity contribution is 7.99. The van der Waals surface area contributed by atoms with Crippen molar-refractivity contribution in [1.82, 2.24) is 14.8 Å². The maximum atomic E-state index is 13.4. The zero-order valence-electron chi connectivity index (χ0n) is 17.8. The number of rotatable bonds is 9. The van der Waals surface area contributed by atoms with Crippen LogP contribution >= 0.6 is 11.8 Å². The van der Waals surface area contributed by atoms with Crippen LogP contribution in [0.2, 0.25) is 0 Å². The number of hydrogen-bond acceptors (Lipinski definition) is 6. The van der Waals surface area contributed by atoms with Gasteiger partial charge in [-0.15, -0.1) is 10.2 Å². The maximum Gasteiger partial charge on any atom is 0.220 e. The van der Waals surface area contributed by atoms with E-state index in [0.717, 1.165) is 11.1 Å². The van der Waals surface area contributed by atoms with Gasteiger partial charge in [-0.1, -0.05) is 54.2 Å². The van der Waals surface area contributed by atoms with Gasteiger partial charge in [0.2, 0.25) is 6.54 Å². The number of nitro groups is 1. The third-order valence-electron chi connectivity index (χ3n) is 4.94. The highest BCUT2D eigenvalue weighted by Crippen LogP contribution is 2.36. The third kappa shape index (κ3) is 5.75. The Bertz CT molecular complexity index is 1210. The molecule has 1 heterocycles. The molecular weight excluding hydrogens is 443 g/mol. The van der Waals surface area contributed by atoms with Gasteiger partial charge in [-0.3, -0.25) is 14.7 Å². The number of ether oxygens (including phenoxy) is 1. The molecule has 0 bridgehead atoms. The van der Waals surface area contributed by atoms with Gasteiger partial charge in [-0.25, -0.2) is 4.39 Å². The fourth-order valence-corrected chi connectivity index (χ4v) is 4.47. The summed E-state index contributed by atoms with van der Waals surface area (Å²) in [5.41, 5.74) is 2.51. The Hall–Kier alpha value is -3.72. The van der Waals surface area contributed by atoms with Crippen LogP contribution in [0.5, 0.6) is 5.75 Å². The normalized spacial score (nSPS) is 11.8. The molecule has 0 amide bonds. The number of aryl methyl sites for hydroxylation is 1. The van der Waals surface area contributed by atoms with E-state index in [4.69, 9.17) is 4.74 Å². The Labute approximate surface area is 194 Å². The summed E-state index contributed by atoms with van der Waals surface area (Å²) >= 11 is 1.25. The Morgan fingerprint density at radius 1 is 1.03 bits per heavy atom. The molecule has 0 aliphatic heterocycles. The molecule has 0 saturated carbocycles. The minimum Gasteiger partial charge on any atom is -0.489 e. The van der Waals surface area contributed by atoms with Gasteiger partial charge in [-0.2, -0.15) is 0 Å². The number of hydrogen-bond donors (Lipinski definition) is 0. The van der Waals surface area contributed by atoms with Crippen molar-refractivity contribution in [3.8, 4) is 11.4 Å². The van der Waals surface area contributed by atoms with Gasteiger partial charge in [0.05, 0.1) is 0 Å². The minimum absolute atomic E-state index is 0.287. The van der Waals surface area contributed by atoms with Crippen molar-refractivity contribution in [3.05, 3.63) is 112 Å². The lowest BCUT2D eigenvalue weighted by Gasteiger charge is -2.15. The van der Waals surface area contributed by atoms with Crippen LogP contribution in [0.4, 0.5) is 4.39 Å². The summed E-state index contributed by atoms with van der Waals surface area (Å²) in [5.74, 6) is 0.936. The molecular formula is C24H21FN4O3S. The second kappa shape index (κ2) is 10.3. The first-order valence-corrected chi connectivity index (χ1v) is 11.1. The van der Waals surface area contributed by atoms with Gasteiger partial charge in [0.15, 0.2) is 5.16 Å². The van der Waals surface area contributed by atoms with Crippen molar-refractivity contribution in [2.45, 2.75) is 23.9 Å². The van der Waals surface area contributed by atoms with Gasteiger partial charge in [0.25, 0.3) is 0 Å². The Kier molecular flexibility index (Phi) is 6.99. The number of benzene rings is 3. The highest BCUT2D eigenvalue weighted by Gasteiger charge is 2.24. The fourth-order valence-electron chi connectivity index (χ4n) is 3.30. The fraction of sp³-hybridized carbons (Fsp3) is 0.167. The van der Waals surface area contributed by atoms with Gasteiger partial charge < -0.3 is 4.74 Å². The van der Waals surface area contributed by atoms with Crippen LogP contribution < -0.4 is 4.74 Å². The highest BCUT2D eigenvalue weighted by atomic mass is 32.2. The molecule has 0 aliphatic rings. The monoisotopic (exact) mass is 464 g/mol. The molecule has 0 unspecified atom stereocenters. The van der Waals surface area contributed by atoms with Crippen LogP contribution in [-0.2, 0) is 6.61 Å². The summed E-state index contributed by atoms with van der Waals surface area (Å²) in [6.07, 6.45) is 0. The lowest BCUT2D eigenvalue weighted by atomic mass is 10.1. The molecule has 0 aliphatic carbocycles. The van der Waals surface area contributed by atoms with Gasteiger partial charge in [-0.05, 0) is 54.4 Å². The molecule has 0 spiro atoms. The van der Waals surface area contributed by atoms with Crippen LogP contribution in [0, 0.1) is 22.9 Å². The zero-order valence-corrected chi connectivity index (χ0v) is 18.6. The zero-order chi connectivity index (χ0) is 23.2. The van der Waals surface area contributed by atoms with E-state index in [1.165, 1.54) is 23.9 Å². The summed E-state index contributed by atoms with van der Waals surface area (Å²) in [4.78, 5) is 11.0. The number of aromatic nitrogens is 3. The molecule has 4 aromatic rings. The van der Waals surface area contributed by atoms with E-state index in [-0.39, 0.29) is 17.3 Å². The number of thioether (sulfide) groups is 1. The van der Waals surface area contributed by atoms with E-state index in [1.54, 1.807) is 23.6 Å². The molecule has 9 heteroatoms. The Morgan fingerprint density at radius 3 is 2.39 bits per heavy atom. The second-order valence-electron chi connectivity index (χ2n) is 7.31. The molecule has 0 fully saturated rings. The smallest absolute Gasteiger partial charge is 0.220 e. The van der Waals surface area contributed by atoms with E-state index in [0.29, 0.717) is 29.0 Å². The Morgan fingerprint density at radius 2 is 1.73 bits per heavy atom. The third-order valence-corrected chi connectivity index (χ3v) is 6.12. The van der Waals surface area contributed by atoms with E-state index < -0.39 is 5.25 Å². The average molecular weight is 465 g/mol. The first-order valence-electron chi connectivity index (χ1n) is 10.2. The summed E-state index contributed by atoms with van der Waals surface area (Å²) in [6.45, 7) is 1.93. The molecule has 33 heavy (non-hydrogen) atoms. The van der Waals surface area contributed by atoms with E-state index in [2.05, 4.69) is 10.2 Å². The average Bonchev–Trinajstić information content (AvgIpc) is 3.18. The largest absolute Gasteiger partial charge is 0.489 e. The number of nitrogens with zero attached hydrogens (tertiary/aromatic N) is 4. The van der Waals surface area contributed by atoms with Gasteiger partial charge >= 0.3 is 0 Å². The van der Waals surface area contributed by atoms with Crippen LogP contribution in [0.15, 0.2) is 84.0 Å². The maximum absolute atomic E-state index is 13.4. The first-order chi connectivity index (χ1) is 16.0. The molecule has 0 radical (unpaired) electrons. The van der Waals surface area contributed by atoms with Crippen molar-refractivity contribution >= 4 is 11.8 Å². The van der Waals surface area contributed by atoms with Crippen LogP contribution in [0.3, 0.4) is 0 Å².